The lowest BCUT2D eigenvalue weighted by Crippen LogP contribution is -2.35. The van der Waals surface area contributed by atoms with E-state index in [9.17, 15) is 4.79 Å². The lowest BCUT2D eigenvalue weighted by atomic mass is 10.1. The van der Waals surface area contributed by atoms with E-state index in [1.807, 2.05) is 28.8 Å². The summed E-state index contributed by atoms with van der Waals surface area (Å²) in [5, 5.41) is 1.12. The number of carbonyl (C=O) groups excluding carboxylic acids is 1. The Kier molecular flexibility index (Phi) is 6.40. The number of primary amides is 1. The average Bonchev–Trinajstić information content (AvgIpc) is 3.44. The summed E-state index contributed by atoms with van der Waals surface area (Å²) in [6.45, 7) is 2.23. The predicted octanol–water partition coefficient (Wildman–Crippen LogP) is 4.29. The van der Waals surface area contributed by atoms with Gasteiger partial charge in [-0.3, -0.25) is 9.36 Å². The number of pyridine rings is 1. The summed E-state index contributed by atoms with van der Waals surface area (Å²) in [6.07, 6.45) is 5.54. The van der Waals surface area contributed by atoms with Gasteiger partial charge in [0.25, 0.3) is 5.91 Å². The molecule has 0 aliphatic carbocycles. The first-order chi connectivity index (χ1) is 16.5. The molecule has 2 N–H and O–H groups in total. The van der Waals surface area contributed by atoms with Crippen LogP contribution in [0.3, 0.4) is 0 Å². The number of nitrogens with zero attached hydrogens (tertiary/aromatic N) is 4. The Morgan fingerprint density at radius 2 is 2.06 bits per heavy atom. The Labute approximate surface area is 205 Å². The number of thiophene rings is 1. The number of benzene rings is 1. The fraction of sp³-hybridized carbons (Fsp3) is 0.292. The fourth-order valence-corrected chi connectivity index (χ4v) is 5.09. The quantitative estimate of drug-likeness (QED) is 0.383. The van der Waals surface area contributed by atoms with Crippen LogP contribution in [0.1, 0.15) is 28.1 Å². The molecule has 1 amide bonds. The zero-order chi connectivity index (χ0) is 23.7. The zero-order valence-electron chi connectivity index (χ0n) is 18.6. The standard InChI is InChI=1S/C24H24ClN5O3S/c1-29-9-6-16(7-10-29)33-17-4-5-18-19(11-17)30(14-28-18)21-12-20(22(34-21)24(26)31)32-13-15-3-2-8-27-23(15)25/h2-5,8,11-12,14,16H,6-7,9-10,13H2,1H3,(H2,26,31). The maximum atomic E-state index is 12.1. The number of hydrogen-bond donors (Lipinski definition) is 1. The molecule has 34 heavy (non-hydrogen) atoms. The number of nitrogens with two attached hydrogens (primary N) is 1. The van der Waals surface area contributed by atoms with E-state index in [1.165, 1.54) is 11.3 Å². The molecule has 0 bridgehead atoms. The second-order valence-electron chi connectivity index (χ2n) is 8.27. The summed E-state index contributed by atoms with van der Waals surface area (Å²) in [7, 11) is 2.13. The van der Waals surface area contributed by atoms with Crippen LogP contribution in [0, 0.1) is 0 Å². The highest BCUT2D eigenvalue weighted by Gasteiger charge is 2.20. The Morgan fingerprint density at radius 1 is 1.24 bits per heavy atom. The summed E-state index contributed by atoms with van der Waals surface area (Å²) in [6, 6.07) is 11.3. The molecule has 4 aromatic rings. The van der Waals surface area contributed by atoms with Crippen LogP contribution >= 0.6 is 22.9 Å². The number of hydrogen-bond acceptors (Lipinski definition) is 7. The van der Waals surface area contributed by atoms with Gasteiger partial charge in [-0.15, -0.1) is 11.3 Å². The van der Waals surface area contributed by atoms with E-state index in [2.05, 4.69) is 21.9 Å². The van der Waals surface area contributed by atoms with Crippen molar-refractivity contribution in [3.63, 3.8) is 0 Å². The van der Waals surface area contributed by atoms with Gasteiger partial charge in [-0.25, -0.2) is 9.97 Å². The van der Waals surface area contributed by atoms with E-state index in [-0.39, 0.29) is 12.7 Å². The number of amides is 1. The molecule has 10 heteroatoms. The number of aromatic nitrogens is 3. The van der Waals surface area contributed by atoms with Gasteiger partial charge in [-0.05, 0) is 38.1 Å². The topological polar surface area (TPSA) is 95.5 Å². The number of imidazole rings is 1. The molecule has 4 heterocycles. The third-order valence-corrected chi connectivity index (χ3v) is 7.32. The first kappa shape index (κ1) is 22.6. The van der Waals surface area contributed by atoms with Crippen molar-refractivity contribution in [2.45, 2.75) is 25.6 Å². The van der Waals surface area contributed by atoms with E-state index in [0.29, 0.717) is 15.8 Å². The fourth-order valence-electron chi connectivity index (χ4n) is 3.97. The summed E-state index contributed by atoms with van der Waals surface area (Å²) in [5.41, 5.74) is 8.06. The molecular weight excluding hydrogens is 474 g/mol. The van der Waals surface area contributed by atoms with Crippen molar-refractivity contribution in [2.75, 3.05) is 20.1 Å². The largest absolute Gasteiger partial charge is 0.490 e. The molecule has 8 nitrogen and oxygen atoms in total. The number of rotatable bonds is 7. The van der Waals surface area contributed by atoms with Crippen LogP contribution in [0.15, 0.2) is 48.9 Å². The molecule has 0 atom stereocenters. The van der Waals surface area contributed by atoms with E-state index in [4.69, 9.17) is 26.8 Å². The van der Waals surface area contributed by atoms with E-state index < -0.39 is 5.91 Å². The van der Waals surface area contributed by atoms with Gasteiger partial charge in [0.05, 0.1) is 11.0 Å². The minimum Gasteiger partial charge on any atom is -0.490 e. The van der Waals surface area contributed by atoms with Crippen molar-refractivity contribution < 1.29 is 14.3 Å². The molecule has 0 spiro atoms. The highest BCUT2D eigenvalue weighted by Crippen LogP contribution is 2.35. The van der Waals surface area contributed by atoms with E-state index >= 15 is 0 Å². The molecule has 1 saturated heterocycles. The van der Waals surface area contributed by atoms with Crippen LogP contribution < -0.4 is 15.2 Å². The van der Waals surface area contributed by atoms with Crippen molar-refractivity contribution in [1.82, 2.24) is 19.4 Å². The molecule has 3 aromatic heterocycles. The van der Waals surface area contributed by atoms with Crippen molar-refractivity contribution >= 4 is 39.9 Å². The second kappa shape index (κ2) is 9.61. The smallest absolute Gasteiger partial charge is 0.262 e. The molecule has 0 radical (unpaired) electrons. The Bertz CT molecular complexity index is 1330. The Morgan fingerprint density at radius 3 is 2.82 bits per heavy atom. The summed E-state index contributed by atoms with van der Waals surface area (Å²) < 4.78 is 14.1. The highest BCUT2D eigenvalue weighted by atomic mass is 35.5. The normalized spacial score (nSPS) is 15.0. The first-order valence-electron chi connectivity index (χ1n) is 11.0. The van der Waals surface area contributed by atoms with Gasteiger partial charge in [-0.2, -0.15) is 0 Å². The number of carbonyl (C=O) groups is 1. The van der Waals surface area contributed by atoms with E-state index in [0.717, 1.165) is 53.3 Å². The number of halogens is 1. The highest BCUT2D eigenvalue weighted by molar-refractivity contribution is 7.16. The Hall–Kier alpha value is -3.14. The summed E-state index contributed by atoms with van der Waals surface area (Å²) in [5.74, 6) is 0.644. The number of piperidine rings is 1. The summed E-state index contributed by atoms with van der Waals surface area (Å²) in [4.78, 5) is 23.3. The molecule has 176 valence electrons. The van der Waals surface area contributed by atoms with Crippen LogP contribution in [-0.4, -0.2) is 51.6 Å². The number of ether oxygens (including phenoxy) is 2. The van der Waals surface area contributed by atoms with Gasteiger partial charge in [0.2, 0.25) is 0 Å². The maximum absolute atomic E-state index is 12.1. The van der Waals surface area contributed by atoms with Gasteiger partial charge < -0.3 is 20.1 Å². The molecule has 0 unspecified atom stereocenters. The van der Waals surface area contributed by atoms with Crippen LogP contribution in [0.2, 0.25) is 5.15 Å². The van der Waals surface area contributed by atoms with Gasteiger partial charge in [-0.1, -0.05) is 17.7 Å². The summed E-state index contributed by atoms with van der Waals surface area (Å²) >= 11 is 7.38. The van der Waals surface area contributed by atoms with Crippen LogP contribution in [-0.2, 0) is 6.61 Å². The molecule has 0 saturated carbocycles. The third kappa shape index (κ3) is 4.72. The minimum atomic E-state index is -0.556. The average molecular weight is 498 g/mol. The molecular formula is C24H24ClN5O3S. The Balaban J connectivity index is 1.41. The van der Waals surface area contributed by atoms with Crippen LogP contribution in [0.5, 0.6) is 11.5 Å². The van der Waals surface area contributed by atoms with Gasteiger partial charge in [0, 0.05) is 37.0 Å². The van der Waals surface area contributed by atoms with Crippen molar-refractivity contribution in [3.8, 4) is 16.5 Å². The third-order valence-electron chi connectivity index (χ3n) is 5.85. The number of likely N-dealkylation sites (tertiary alicyclic amines) is 1. The van der Waals surface area contributed by atoms with Gasteiger partial charge in [0.1, 0.15) is 45.6 Å². The molecule has 1 aliphatic rings. The van der Waals surface area contributed by atoms with Crippen molar-refractivity contribution in [2.24, 2.45) is 5.73 Å². The van der Waals surface area contributed by atoms with E-state index in [1.54, 1.807) is 24.7 Å². The monoisotopic (exact) mass is 497 g/mol. The van der Waals surface area contributed by atoms with Gasteiger partial charge in [0.15, 0.2) is 0 Å². The minimum absolute atomic E-state index is 0.169. The van der Waals surface area contributed by atoms with Gasteiger partial charge >= 0.3 is 0 Å². The maximum Gasteiger partial charge on any atom is 0.262 e. The molecule has 5 rings (SSSR count). The van der Waals surface area contributed by atoms with Crippen molar-refractivity contribution in [1.29, 1.82) is 0 Å². The van der Waals surface area contributed by atoms with Crippen molar-refractivity contribution in [3.05, 3.63) is 64.5 Å². The lowest BCUT2D eigenvalue weighted by Gasteiger charge is -2.29. The first-order valence-corrected chi connectivity index (χ1v) is 12.2. The second-order valence-corrected chi connectivity index (χ2v) is 9.66. The van der Waals surface area contributed by atoms with Crippen LogP contribution in [0.4, 0.5) is 0 Å². The molecule has 1 fully saturated rings. The molecule has 1 aliphatic heterocycles. The lowest BCUT2D eigenvalue weighted by molar-refractivity contribution is 0.1000. The molecule has 1 aromatic carbocycles. The predicted molar refractivity (Wildman–Crippen MR) is 132 cm³/mol. The zero-order valence-corrected chi connectivity index (χ0v) is 20.2. The SMILES string of the molecule is CN1CCC(Oc2ccc3ncn(-c4cc(OCc5cccnc5Cl)c(C(N)=O)s4)c3c2)CC1. The number of fused-ring (bicyclic) bond motifs is 1. The van der Waals surface area contributed by atoms with Crippen LogP contribution in [0.25, 0.3) is 16.0 Å².